The SMILES string of the molecule is c1ccc(-c2nnc3cc(C4CCC4)c(NCCN4CCNCC4)nn23)cc1. The van der Waals surface area contributed by atoms with Crippen LogP contribution in [-0.4, -0.2) is 64.0 Å². The fourth-order valence-corrected chi connectivity index (χ4v) is 4.05. The van der Waals surface area contributed by atoms with E-state index in [1.165, 1.54) is 24.8 Å². The number of hydrogen-bond donors (Lipinski definition) is 2. The van der Waals surface area contributed by atoms with Crippen molar-refractivity contribution in [3.63, 3.8) is 0 Å². The van der Waals surface area contributed by atoms with Crippen LogP contribution < -0.4 is 10.6 Å². The minimum Gasteiger partial charge on any atom is -0.367 e. The highest BCUT2D eigenvalue weighted by atomic mass is 15.4. The summed E-state index contributed by atoms with van der Waals surface area (Å²) in [4.78, 5) is 2.50. The third-order valence-corrected chi connectivity index (χ3v) is 5.93. The van der Waals surface area contributed by atoms with E-state index in [4.69, 9.17) is 5.10 Å². The number of anilines is 1. The zero-order valence-electron chi connectivity index (χ0n) is 16.1. The Labute approximate surface area is 165 Å². The summed E-state index contributed by atoms with van der Waals surface area (Å²) in [6, 6.07) is 12.3. The Morgan fingerprint density at radius 3 is 2.64 bits per heavy atom. The minimum absolute atomic E-state index is 0.594. The molecule has 1 saturated heterocycles. The van der Waals surface area contributed by atoms with Crippen LogP contribution in [0.4, 0.5) is 5.82 Å². The molecule has 0 unspecified atom stereocenters. The fourth-order valence-electron chi connectivity index (χ4n) is 4.05. The molecule has 0 atom stereocenters. The van der Waals surface area contributed by atoms with Crippen molar-refractivity contribution in [2.24, 2.45) is 0 Å². The molecule has 3 aromatic rings. The molecule has 2 aliphatic rings. The lowest BCUT2D eigenvalue weighted by molar-refractivity contribution is 0.249. The van der Waals surface area contributed by atoms with Gasteiger partial charge in [0.05, 0.1) is 0 Å². The first-order valence-electron chi connectivity index (χ1n) is 10.4. The molecule has 3 heterocycles. The molecular formula is C21H27N7. The summed E-state index contributed by atoms with van der Waals surface area (Å²) in [7, 11) is 0. The van der Waals surface area contributed by atoms with Crippen molar-refractivity contribution in [1.82, 2.24) is 30.0 Å². The Morgan fingerprint density at radius 1 is 1.07 bits per heavy atom. The highest BCUT2D eigenvalue weighted by molar-refractivity contribution is 5.61. The average Bonchev–Trinajstić information content (AvgIpc) is 3.11. The molecule has 1 aliphatic carbocycles. The molecule has 2 fully saturated rings. The number of piperazine rings is 1. The lowest BCUT2D eigenvalue weighted by Crippen LogP contribution is -2.45. The summed E-state index contributed by atoms with van der Waals surface area (Å²) in [5, 5.41) is 20.8. The molecule has 7 heteroatoms. The van der Waals surface area contributed by atoms with Crippen molar-refractivity contribution in [1.29, 1.82) is 0 Å². The van der Waals surface area contributed by atoms with Crippen LogP contribution in [0.1, 0.15) is 30.7 Å². The van der Waals surface area contributed by atoms with Gasteiger partial charge in [-0.15, -0.1) is 15.3 Å². The lowest BCUT2D eigenvalue weighted by atomic mass is 9.80. The number of rotatable bonds is 6. The molecule has 7 nitrogen and oxygen atoms in total. The predicted octanol–water partition coefficient (Wildman–Crippen LogP) is 2.38. The van der Waals surface area contributed by atoms with Crippen molar-refractivity contribution >= 4 is 11.5 Å². The van der Waals surface area contributed by atoms with E-state index in [2.05, 4.69) is 43.9 Å². The second kappa shape index (κ2) is 7.85. The Balaban J connectivity index is 1.43. The standard InChI is InChI=1S/C21H27N7/c1-2-5-17(6-3-1)21-25-24-19-15-18(16-7-4-8-16)20(26-28(19)21)23-11-14-27-12-9-22-10-13-27/h1-3,5-6,15-16,22H,4,7-14H2,(H,23,26). The van der Waals surface area contributed by atoms with Gasteiger partial charge in [-0.25, -0.2) is 0 Å². The molecule has 0 radical (unpaired) electrons. The normalized spacial score (nSPS) is 18.3. The predicted molar refractivity (Wildman–Crippen MR) is 111 cm³/mol. The Hall–Kier alpha value is -2.51. The van der Waals surface area contributed by atoms with Crippen LogP contribution in [0.3, 0.4) is 0 Å². The van der Waals surface area contributed by atoms with Crippen molar-refractivity contribution in [3.8, 4) is 11.4 Å². The van der Waals surface area contributed by atoms with Gasteiger partial charge >= 0.3 is 0 Å². The van der Waals surface area contributed by atoms with Gasteiger partial charge in [0.2, 0.25) is 0 Å². The van der Waals surface area contributed by atoms with Crippen LogP contribution >= 0.6 is 0 Å². The van der Waals surface area contributed by atoms with Gasteiger partial charge in [-0.05, 0) is 24.8 Å². The van der Waals surface area contributed by atoms with Gasteiger partial charge in [-0.1, -0.05) is 36.8 Å². The van der Waals surface area contributed by atoms with E-state index in [0.29, 0.717) is 5.92 Å². The van der Waals surface area contributed by atoms with Crippen LogP contribution in [0.2, 0.25) is 0 Å². The van der Waals surface area contributed by atoms with Crippen molar-refractivity contribution < 1.29 is 0 Å². The van der Waals surface area contributed by atoms with E-state index < -0.39 is 0 Å². The highest BCUT2D eigenvalue weighted by Gasteiger charge is 2.25. The summed E-state index contributed by atoms with van der Waals surface area (Å²) < 4.78 is 1.88. The van der Waals surface area contributed by atoms with Crippen LogP contribution in [0.25, 0.3) is 17.0 Å². The molecule has 1 aromatic carbocycles. The van der Waals surface area contributed by atoms with E-state index >= 15 is 0 Å². The molecule has 1 saturated carbocycles. The number of aromatic nitrogens is 4. The smallest absolute Gasteiger partial charge is 0.185 e. The third-order valence-electron chi connectivity index (χ3n) is 5.93. The number of hydrogen-bond acceptors (Lipinski definition) is 6. The van der Waals surface area contributed by atoms with Gasteiger partial charge in [0, 0.05) is 50.4 Å². The molecule has 0 bridgehead atoms. The third kappa shape index (κ3) is 3.47. The van der Waals surface area contributed by atoms with E-state index in [0.717, 1.165) is 62.1 Å². The first-order valence-corrected chi connectivity index (χ1v) is 10.4. The average molecular weight is 377 g/mol. The number of nitrogens with zero attached hydrogens (tertiary/aromatic N) is 5. The molecule has 1 aliphatic heterocycles. The lowest BCUT2D eigenvalue weighted by Gasteiger charge is -2.29. The topological polar surface area (TPSA) is 70.4 Å². The summed E-state index contributed by atoms with van der Waals surface area (Å²) in [5.74, 6) is 2.38. The number of benzene rings is 1. The van der Waals surface area contributed by atoms with Crippen LogP contribution in [-0.2, 0) is 0 Å². The second-order valence-electron chi connectivity index (χ2n) is 7.75. The molecular weight excluding hydrogens is 350 g/mol. The first-order chi connectivity index (χ1) is 13.9. The highest BCUT2D eigenvalue weighted by Crippen LogP contribution is 2.39. The van der Waals surface area contributed by atoms with E-state index in [1.807, 2.05) is 22.7 Å². The van der Waals surface area contributed by atoms with Gasteiger partial charge < -0.3 is 10.6 Å². The largest absolute Gasteiger partial charge is 0.367 e. The van der Waals surface area contributed by atoms with Crippen LogP contribution in [0.15, 0.2) is 36.4 Å². The fraction of sp³-hybridized carbons (Fsp3) is 0.476. The summed E-state index contributed by atoms with van der Waals surface area (Å²) in [6.45, 7) is 6.35. The zero-order valence-corrected chi connectivity index (χ0v) is 16.1. The van der Waals surface area contributed by atoms with Crippen LogP contribution in [0, 0.1) is 0 Å². The maximum atomic E-state index is 4.95. The quantitative estimate of drug-likeness (QED) is 0.687. The van der Waals surface area contributed by atoms with Crippen LogP contribution in [0.5, 0.6) is 0 Å². The first kappa shape index (κ1) is 17.6. The molecule has 146 valence electrons. The monoisotopic (exact) mass is 377 g/mol. The molecule has 2 aromatic heterocycles. The summed E-state index contributed by atoms with van der Waals surface area (Å²) in [5.41, 5.74) is 3.16. The maximum Gasteiger partial charge on any atom is 0.185 e. The Kier molecular flexibility index (Phi) is 4.93. The summed E-state index contributed by atoms with van der Waals surface area (Å²) in [6.07, 6.45) is 3.78. The molecule has 0 amide bonds. The second-order valence-corrected chi connectivity index (χ2v) is 7.75. The van der Waals surface area contributed by atoms with Crippen molar-refractivity contribution in [2.45, 2.75) is 25.2 Å². The molecule has 5 rings (SSSR count). The van der Waals surface area contributed by atoms with E-state index in [1.54, 1.807) is 0 Å². The van der Waals surface area contributed by atoms with E-state index in [-0.39, 0.29) is 0 Å². The Morgan fingerprint density at radius 2 is 1.89 bits per heavy atom. The molecule has 0 spiro atoms. The van der Waals surface area contributed by atoms with Gasteiger partial charge in [-0.2, -0.15) is 4.52 Å². The van der Waals surface area contributed by atoms with Gasteiger partial charge in [0.1, 0.15) is 0 Å². The van der Waals surface area contributed by atoms with Crippen molar-refractivity contribution in [3.05, 3.63) is 42.0 Å². The van der Waals surface area contributed by atoms with E-state index in [9.17, 15) is 0 Å². The van der Waals surface area contributed by atoms with Gasteiger partial charge in [0.15, 0.2) is 17.3 Å². The Bertz CT molecular complexity index is 927. The minimum atomic E-state index is 0.594. The number of nitrogens with one attached hydrogen (secondary N) is 2. The van der Waals surface area contributed by atoms with Gasteiger partial charge in [-0.3, -0.25) is 4.90 Å². The molecule has 28 heavy (non-hydrogen) atoms. The van der Waals surface area contributed by atoms with Gasteiger partial charge in [0.25, 0.3) is 0 Å². The zero-order chi connectivity index (χ0) is 18.8. The maximum absolute atomic E-state index is 4.95. The molecule has 2 N–H and O–H groups in total. The summed E-state index contributed by atoms with van der Waals surface area (Å²) >= 11 is 0. The van der Waals surface area contributed by atoms with Crippen molar-refractivity contribution in [2.75, 3.05) is 44.6 Å². The number of fused-ring (bicyclic) bond motifs is 1.